The van der Waals surface area contributed by atoms with Gasteiger partial charge in [-0.25, -0.2) is 4.39 Å². The van der Waals surface area contributed by atoms with E-state index in [4.69, 9.17) is 9.47 Å². The van der Waals surface area contributed by atoms with E-state index < -0.39 is 6.10 Å². The summed E-state index contributed by atoms with van der Waals surface area (Å²) in [5.41, 5.74) is 1.29. The molecule has 1 N–H and O–H groups in total. The second-order valence-corrected chi connectivity index (χ2v) is 5.04. The van der Waals surface area contributed by atoms with Crippen LogP contribution in [0.15, 0.2) is 30.6 Å². The maximum Gasteiger partial charge on any atom is 0.265 e. The fourth-order valence-corrected chi connectivity index (χ4v) is 2.32. The van der Waals surface area contributed by atoms with Gasteiger partial charge in [0.2, 0.25) is 0 Å². The molecule has 1 aliphatic heterocycles. The lowest BCUT2D eigenvalue weighted by atomic mass is 10.1. The number of carbonyl (C=O) groups is 1. The van der Waals surface area contributed by atoms with Crippen molar-refractivity contribution in [3.63, 3.8) is 0 Å². The number of halogens is 1. The van der Waals surface area contributed by atoms with Gasteiger partial charge in [0.1, 0.15) is 11.6 Å². The first kappa shape index (κ1) is 14.5. The number of hydrogen-bond acceptors (Lipinski definition) is 4. The third-order valence-corrected chi connectivity index (χ3v) is 3.41. The zero-order valence-corrected chi connectivity index (χ0v) is 12.1. The molecule has 7 heteroatoms. The van der Waals surface area contributed by atoms with Crippen LogP contribution in [0.5, 0.6) is 5.75 Å². The number of anilines is 1. The predicted octanol–water partition coefficient (Wildman–Crippen LogP) is 1.61. The Balaban J connectivity index is 1.60. The van der Waals surface area contributed by atoms with E-state index in [1.165, 1.54) is 12.1 Å². The standard InChI is InChI=1S/C15H16FN3O3/c1-21-5-4-19-9-12(8-17-19)18-15(20)14-7-10-6-11(16)2-3-13(10)22-14/h2-3,6,8-9,14H,4-5,7H2,1H3,(H,18,20). The summed E-state index contributed by atoms with van der Waals surface area (Å²) < 4.78 is 25.3. The van der Waals surface area contributed by atoms with Crippen molar-refractivity contribution in [3.05, 3.63) is 42.0 Å². The van der Waals surface area contributed by atoms with Crippen molar-refractivity contribution in [2.24, 2.45) is 0 Å². The van der Waals surface area contributed by atoms with Crippen LogP contribution in [0.3, 0.4) is 0 Å². The van der Waals surface area contributed by atoms with Crippen molar-refractivity contribution in [1.29, 1.82) is 0 Å². The van der Waals surface area contributed by atoms with E-state index in [1.54, 1.807) is 30.3 Å². The van der Waals surface area contributed by atoms with Crippen LogP contribution in [-0.2, 0) is 22.5 Å². The molecule has 22 heavy (non-hydrogen) atoms. The van der Waals surface area contributed by atoms with Crippen LogP contribution < -0.4 is 10.1 Å². The van der Waals surface area contributed by atoms with E-state index in [9.17, 15) is 9.18 Å². The topological polar surface area (TPSA) is 65.4 Å². The summed E-state index contributed by atoms with van der Waals surface area (Å²) in [5, 5.41) is 6.86. The van der Waals surface area contributed by atoms with Gasteiger partial charge in [0.05, 0.1) is 25.0 Å². The number of nitrogens with zero attached hydrogens (tertiary/aromatic N) is 2. The number of rotatable bonds is 5. The molecule has 1 aliphatic rings. The lowest BCUT2D eigenvalue weighted by Gasteiger charge is -2.09. The molecule has 1 aromatic carbocycles. The fraction of sp³-hybridized carbons (Fsp3) is 0.333. The number of nitrogens with one attached hydrogen (secondary N) is 1. The molecule has 0 saturated carbocycles. The van der Waals surface area contributed by atoms with Crippen molar-refractivity contribution in [2.75, 3.05) is 19.0 Å². The number of hydrogen-bond donors (Lipinski definition) is 1. The first-order chi connectivity index (χ1) is 10.7. The Bertz CT molecular complexity index is 686. The molecule has 2 aromatic rings. The minimum absolute atomic E-state index is 0.275. The summed E-state index contributed by atoms with van der Waals surface area (Å²) in [6.07, 6.45) is 2.99. The Morgan fingerprint density at radius 2 is 2.45 bits per heavy atom. The number of fused-ring (bicyclic) bond motifs is 1. The number of benzene rings is 1. The van der Waals surface area contributed by atoms with Crippen molar-refractivity contribution >= 4 is 11.6 Å². The van der Waals surface area contributed by atoms with Crippen molar-refractivity contribution in [2.45, 2.75) is 19.1 Å². The lowest BCUT2D eigenvalue weighted by molar-refractivity contribution is -0.122. The van der Waals surface area contributed by atoms with Gasteiger partial charge in [-0.15, -0.1) is 0 Å². The van der Waals surface area contributed by atoms with Gasteiger partial charge >= 0.3 is 0 Å². The Morgan fingerprint density at radius 1 is 1.59 bits per heavy atom. The molecule has 2 heterocycles. The molecule has 0 bridgehead atoms. The Morgan fingerprint density at radius 3 is 3.27 bits per heavy atom. The number of ether oxygens (including phenoxy) is 2. The first-order valence-electron chi connectivity index (χ1n) is 6.93. The molecule has 116 valence electrons. The summed E-state index contributed by atoms with van der Waals surface area (Å²) in [5.74, 6) is -0.0527. The van der Waals surface area contributed by atoms with Gasteiger partial charge in [0, 0.05) is 25.3 Å². The van der Waals surface area contributed by atoms with E-state index in [0.717, 1.165) is 0 Å². The second-order valence-electron chi connectivity index (χ2n) is 5.04. The zero-order valence-electron chi connectivity index (χ0n) is 12.1. The highest BCUT2D eigenvalue weighted by atomic mass is 19.1. The molecule has 1 atom stereocenters. The van der Waals surface area contributed by atoms with Crippen LogP contribution >= 0.6 is 0 Å². The zero-order chi connectivity index (χ0) is 15.5. The third kappa shape index (κ3) is 3.09. The van der Waals surface area contributed by atoms with Crippen molar-refractivity contribution in [3.8, 4) is 5.75 Å². The molecule has 6 nitrogen and oxygen atoms in total. The smallest absolute Gasteiger partial charge is 0.265 e. The third-order valence-electron chi connectivity index (χ3n) is 3.41. The lowest BCUT2D eigenvalue weighted by Crippen LogP contribution is -2.31. The molecular formula is C15H16FN3O3. The molecule has 0 radical (unpaired) electrons. The summed E-state index contributed by atoms with van der Waals surface area (Å²) in [4.78, 5) is 12.2. The summed E-state index contributed by atoms with van der Waals surface area (Å²) in [6.45, 7) is 1.15. The number of methoxy groups -OCH3 is 1. The predicted molar refractivity (Wildman–Crippen MR) is 77.3 cm³/mol. The Labute approximate surface area is 126 Å². The molecule has 0 aliphatic carbocycles. The van der Waals surface area contributed by atoms with Crippen LogP contribution in [0.2, 0.25) is 0 Å². The summed E-state index contributed by atoms with van der Waals surface area (Å²) in [7, 11) is 1.62. The van der Waals surface area contributed by atoms with Gasteiger partial charge in [0.15, 0.2) is 6.10 Å². The van der Waals surface area contributed by atoms with E-state index in [-0.39, 0.29) is 11.7 Å². The average Bonchev–Trinajstić information content (AvgIpc) is 3.11. The quantitative estimate of drug-likeness (QED) is 0.911. The second kappa shape index (κ2) is 6.15. The highest BCUT2D eigenvalue weighted by molar-refractivity contribution is 5.94. The van der Waals surface area contributed by atoms with Gasteiger partial charge < -0.3 is 14.8 Å². The average molecular weight is 305 g/mol. The summed E-state index contributed by atoms with van der Waals surface area (Å²) >= 11 is 0. The van der Waals surface area contributed by atoms with Gasteiger partial charge in [-0.2, -0.15) is 5.10 Å². The molecule has 1 unspecified atom stereocenters. The number of aromatic nitrogens is 2. The number of carbonyl (C=O) groups excluding carboxylic acids is 1. The molecule has 3 rings (SSSR count). The SMILES string of the molecule is COCCn1cc(NC(=O)C2Cc3cc(F)ccc3O2)cn1. The van der Waals surface area contributed by atoms with E-state index in [1.807, 2.05) is 0 Å². The maximum atomic E-state index is 13.2. The van der Waals surface area contributed by atoms with E-state index in [0.29, 0.717) is 36.6 Å². The van der Waals surface area contributed by atoms with Gasteiger partial charge in [0.25, 0.3) is 5.91 Å². The number of amides is 1. The van der Waals surface area contributed by atoms with Crippen molar-refractivity contribution < 1.29 is 18.7 Å². The molecule has 1 amide bonds. The highest BCUT2D eigenvalue weighted by Gasteiger charge is 2.29. The van der Waals surface area contributed by atoms with Crippen LogP contribution in [0.25, 0.3) is 0 Å². The monoisotopic (exact) mass is 305 g/mol. The van der Waals surface area contributed by atoms with Gasteiger partial charge in [-0.1, -0.05) is 0 Å². The van der Waals surface area contributed by atoms with E-state index in [2.05, 4.69) is 10.4 Å². The van der Waals surface area contributed by atoms with Gasteiger partial charge in [-0.05, 0) is 18.2 Å². The van der Waals surface area contributed by atoms with Gasteiger partial charge in [-0.3, -0.25) is 9.48 Å². The normalized spacial score (nSPS) is 16.2. The first-order valence-corrected chi connectivity index (χ1v) is 6.93. The molecule has 0 saturated heterocycles. The highest BCUT2D eigenvalue weighted by Crippen LogP contribution is 2.29. The van der Waals surface area contributed by atoms with E-state index >= 15 is 0 Å². The Hall–Kier alpha value is -2.41. The molecular weight excluding hydrogens is 289 g/mol. The Kier molecular flexibility index (Phi) is 4.06. The van der Waals surface area contributed by atoms with Crippen LogP contribution in [0, 0.1) is 5.82 Å². The summed E-state index contributed by atoms with van der Waals surface area (Å²) in [6, 6.07) is 4.26. The fourth-order valence-electron chi connectivity index (χ4n) is 2.32. The minimum atomic E-state index is -0.654. The van der Waals surface area contributed by atoms with Crippen LogP contribution in [-0.4, -0.2) is 35.5 Å². The maximum absolute atomic E-state index is 13.2. The van der Waals surface area contributed by atoms with Crippen LogP contribution in [0.1, 0.15) is 5.56 Å². The molecule has 0 spiro atoms. The van der Waals surface area contributed by atoms with Crippen molar-refractivity contribution in [1.82, 2.24) is 9.78 Å². The minimum Gasteiger partial charge on any atom is -0.480 e. The largest absolute Gasteiger partial charge is 0.480 e. The molecule has 0 fully saturated rings. The van der Waals surface area contributed by atoms with Crippen LogP contribution in [0.4, 0.5) is 10.1 Å². The molecule has 1 aromatic heterocycles.